The van der Waals surface area contributed by atoms with Crippen molar-refractivity contribution in [1.29, 1.82) is 0 Å². The van der Waals surface area contributed by atoms with E-state index in [0.29, 0.717) is 25.5 Å². The highest BCUT2D eigenvalue weighted by Crippen LogP contribution is 2.33. The number of carbonyl (C=O) groups excluding carboxylic acids is 1. The summed E-state index contributed by atoms with van der Waals surface area (Å²) in [6, 6.07) is 64.7. The van der Waals surface area contributed by atoms with E-state index < -0.39 is 16.1 Å². The van der Waals surface area contributed by atoms with Crippen molar-refractivity contribution in [3.8, 4) is 50.6 Å². The number of aromatic nitrogens is 6. The van der Waals surface area contributed by atoms with Gasteiger partial charge in [0.15, 0.2) is 5.78 Å². The summed E-state index contributed by atoms with van der Waals surface area (Å²) in [7, 11) is -3.37. The van der Waals surface area contributed by atoms with Crippen molar-refractivity contribution in [2.75, 3.05) is 30.8 Å². The van der Waals surface area contributed by atoms with E-state index in [1.165, 1.54) is 0 Å². The molecular weight excluding hydrogens is 1130 g/mol. The molecule has 0 radical (unpaired) electrons. The van der Waals surface area contributed by atoms with Gasteiger partial charge in [-0.25, -0.2) is 23.4 Å². The number of imidazole rings is 3. The van der Waals surface area contributed by atoms with Crippen LogP contribution in [0.15, 0.2) is 200 Å². The molecule has 0 aliphatic carbocycles. The van der Waals surface area contributed by atoms with Crippen LogP contribution in [0.1, 0.15) is 90.8 Å². The van der Waals surface area contributed by atoms with Gasteiger partial charge in [-0.2, -0.15) is 0 Å². The standard InChI is InChI=1S/C25H24N2O2.C25H22N2O2.C24H23N3O3S/c2*1-3-29-20-12-8-18(9-13-20)10-15-25-26-23-14-11-19(16-24(23)27-25)22-7-5-4-6-21(22)17(2)28;1-3-30-19-12-8-17(9-13-19)10-15-24-25-22-14-11-18(16-23(22)26-24)20-6-4-5-7-21(20)27-31(2,28)29/h4-17,28H,3H2,1-2H3,(H,26,27);4-16H,3H2,1-2H3,(H,26,27);4-16,27H,3H2,1-2H3,(H,25,26)/b3*15-10+. The second kappa shape index (κ2) is 28.7. The molecule has 0 aliphatic rings. The summed E-state index contributed by atoms with van der Waals surface area (Å²) in [6.45, 7) is 11.3. The Balaban J connectivity index is 0.000000147. The molecule has 0 spiro atoms. The molecule has 0 saturated heterocycles. The first kappa shape index (κ1) is 61.5. The van der Waals surface area contributed by atoms with Crippen LogP contribution in [0.25, 0.3) is 103 Å². The topological polar surface area (TPSA) is 197 Å². The summed E-state index contributed by atoms with van der Waals surface area (Å²) >= 11 is 0. The maximum Gasteiger partial charge on any atom is 0.229 e. The molecule has 0 saturated carbocycles. The molecule has 15 heteroatoms. The first-order valence-electron chi connectivity index (χ1n) is 29.4. The van der Waals surface area contributed by atoms with Crippen LogP contribution < -0.4 is 18.9 Å². The summed E-state index contributed by atoms with van der Waals surface area (Å²) in [6.07, 6.45) is 12.5. The van der Waals surface area contributed by atoms with Crippen molar-refractivity contribution < 1.29 is 32.5 Å². The minimum atomic E-state index is -3.37. The number of aliphatic hydroxyl groups is 1. The van der Waals surface area contributed by atoms with Gasteiger partial charge >= 0.3 is 0 Å². The number of para-hydroxylation sites is 1. The van der Waals surface area contributed by atoms with Crippen LogP contribution in [-0.2, 0) is 10.0 Å². The van der Waals surface area contributed by atoms with Gasteiger partial charge in [-0.05, 0) is 182 Å². The number of nitrogens with zero attached hydrogens (tertiary/aromatic N) is 3. The maximum atomic E-state index is 11.9. The van der Waals surface area contributed by atoms with E-state index in [2.05, 4.69) is 40.7 Å². The van der Waals surface area contributed by atoms with Crippen molar-refractivity contribution >= 4 is 91.1 Å². The third-order valence-corrected chi connectivity index (χ3v) is 14.8. The van der Waals surface area contributed by atoms with Gasteiger partial charge in [-0.3, -0.25) is 9.52 Å². The Labute approximate surface area is 518 Å². The van der Waals surface area contributed by atoms with Gasteiger partial charge in [0, 0.05) is 11.1 Å². The smallest absolute Gasteiger partial charge is 0.229 e. The van der Waals surface area contributed by atoms with Crippen molar-refractivity contribution in [2.24, 2.45) is 0 Å². The van der Waals surface area contributed by atoms with Gasteiger partial charge in [0.2, 0.25) is 10.0 Å². The van der Waals surface area contributed by atoms with E-state index in [-0.39, 0.29) is 5.78 Å². The maximum absolute atomic E-state index is 11.9. The Morgan fingerprint density at radius 3 is 1.24 bits per heavy atom. The molecule has 0 bridgehead atoms. The molecule has 12 rings (SSSR count). The Morgan fingerprint density at radius 1 is 0.483 bits per heavy atom. The van der Waals surface area contributed by atoms with E-state index in [4.69, 9.17) is 14.2 Å². The quantitative estimate of drug-likeness (QED) is 0.0486. The van der Waals surface area contributed by atoms with Gasteiger partial charge in [-0.15, -0.1) is 0 Å². The van der Waals surface area contributed by atoms with Crippen LogP contribution in [0, 0.1) is 0 Å². The number of benzene rings is 9. The summed E-state index contributed by atoms with van der Waals surface area (Å²) < 4.78 is 42.4. The summed E-state index contributed by atoms with van der Waals surface area (Å²) in [4.78, 5) is 35.9. The number of rotatable bonds is 19. The van der Waals surface area contributed by atoms with Gasteiger partial charge in [0.05, 0.1) is 71.0 Å². The lowest BCUT2D eigenvalue weighted by Crippen LogP contribution is -2.10. The number of aliphatic hydroxyl groups excluding tert-OH is 1. The second-order valence-corrected chi connectivity index (χ2v) is 22.6. The molecule has 0 fully saturated rings. The lowest BCUT2D eigenvalue weighted by Gasteiger charge is -2.11. The second-order valence-electron chi connectivity index (χ2n) is 20.9. The zero-order valence-electron chi connectivity index (χ0n) is 50.4. The molecule has 3 aromatic heterocycles. The number of H-pyrrole nitrogens is 3. The monoisotopic (exact) mass is 1200 g/mol. The SMILES string of the molecule is CCOc1ccc(/C=C/c2nc3ccc(-c4ccccc4C(C)=O)cc3[nH]2)cc1.CCOc1ccc(/C=C/c2nc3ccc(-c4ccccc4C(C)O)cc3[nH]2)cc1.CCOc1ccc(/C=C/c2nc3ccc(-c4ccccc4NS(C)(=O)=O)cc3[nH]2)cc1. The number of ether oxygens (including phenoxy) is 3. The van der Waals surface area contributed by atoms with E-state index in [1.807, 2.05) is 239 Å². The fourth-order valence-corrected chi connectivity index (χ4v) is 10.6. The average Bonchev–Trinajstić information content (AvgIpc) is 2.93. The minimum Gasteiger partial charge on any atom is -0.494 e. The van der Waals surface area contributed by atoms with Crippen LogP contribution in [0.2, 0.25) is 0 Å². The lowest BCUT2D eigenvalue weighted by atomic mass is 9.96. The lowest BCUT2D eigenvalue weighted by molar-refractivity contribution is 0.101. The van der Waals surface area contributed by atoms with E-state index >= 15 is 0 Å². The van der Waals surface area contributed by atoms with E-state index in [1.54, 1.807) is 26.0 Å². The van der Waals surface area contributed by atoms with Crippen LogP contribution in [0.5, 0.6) is 17.2 Å². The molecular formula is C74H69N7O7S. The molecule has 1 unspecified atom stereocenters. The number of aromatic amines is 3. The number of sulfonamides is 1. The molecule has 12 aromatic rings. The van der Waals surface area contributed by atoms with E-state index in [9.17, 15) is 18.3 Å². The highest BCUT2D eigenvalue weighted by Gasteiger charge is 2.14. The third kappa shape index (κ3) is 16.3. The molecule has 1 atom stereocenters. The number of anilines is 1. The minimum absolute atomic E-state index is 0.0595. The summed E-state index contributed by atoms with van der Waals surface area (Å²) in [5, 5.41) is 10.1. The number of hydrogen-bond donors (Lipinski definition) is 5. The largest absolute Gasteiger partial charge is 0.494 e. The normalized spacial score (nSPS) is 11.9. The van der Waals surface area contributed by atoms with Gasteiger partial charge in [0.25, 0.3) is 0 Å². The van der Waals surface area contributed by atoms with Crippen LogP contribution in [0.3, 0.4) is 0 Å². The molecule has 14 nitrogen and oxygen atoms in total. The number of carbonyl (C=O) groups is 1. The van der Waals surface area contributed by atoms with Crippen molar-refractivity contribution in [2.45, 2.75) is 40.7 Å². The molecule has 0 aliphatic heterocycles. The zero-order chi connectivity index (χ0) is 62.3. The average molecular weight is 1200 g/mol. The molecule has 3 heterocycles. The van der Waals surface area contributed by atoms with Crippen molar-refractivity contribution in [3.63, 3.8) is 0 Å². The number of Topliss-reactive ketones (excluding diaryl/α,β-unsaturated/α-hetero) is 1. The summed E-state index contributed by atoms with van der Waals surface area (Å²) in [5.41, 5.74) is 16.5. The Morgan fingerprint density at radius 2 is 0.843 bits per heavy atom. The van der Waals surface area contributed by atoms with E-state index in [0.717, 1.165) is 135 Å². The van der Waals surface area contributed by atoms with Gasteiger partial charge in [0.1, 0.15) is 34.7 Å². The van der Waals surface area contributed by atoms with Crippen LogP contribution in [0.4, 0.5) is 5.69 Å². The highest BCUT2D eigenvalue weighted by atomic mass is 32.2. The van der Waals surface area contributed by atoms with Gasteiger partial charge in [-0.1, -0.05) is 140 Å². The molecule has 448 valence electrons. The summed E-state index contributed by atoms with van der Waals surface area (Å²) in [5.74, 6) is 4.97. The van der Waals surface area contributed by atoms with Crippen LogP contribution >= 0.6 is 0 Å². The van der Waals surface area contributed by atoms with Crippen molar-refractivity contribution in [1.82, 2.24) is 29.9 Å². The molecule has 5 N–H and O–H groups in total. The number of hydrogen-bond acceptors (Lipinski definition) is 10. The Kier molecular flexibility index (Phi) is 19.8. The molecule has 9 aromatic carbocycles. The number of nitrogens with one attached hydrogen (secondary N) is 4. The fourth-order valence-electron chi connectivity index (χ4n) is 10.1. The first-order valence-corrected chi connectivity index (χ1v) is 31.2. The Bertz CT molecular complexity index is 4600. The zero-order valence-corrected chi connectivity index (χ0v) is 51.2. The third-order valence-electron chi connectivity index (χ3n) is 14.2. The molecule has 0 amide bonds. The van der Waals surface area contributed by atoms with Gasteiger partial charge < -0.3 is 34.3 Å². The number of fused-ring (bicyclic) bond motifs is 3. The number of ketones is 1. The predicted octanol–water partition coefficient (Wildman–Crippen LogP) is 17.0. The van der Waals surface area contributed by atoms with Crippen molar-refractivity contribution in [3.05, 3.63) is 245 Å². The highest BCUT2D eigenvalue weighted by molar-refractivity contribution is 7.92. The molecule has 89 heavy (non-hydrogen) atoms. The first-order chi connectivity index (χ1) is 43.2. The fraction of sp³-hybridized carbons (Fsp3) is 0.135. The predicted molar refractivity (Wildman–Crippen MR) is 363 cm³/mol. The Hall–Kier alpha value is -10.6. The van der Waals surface area contributed by atoms with Crippen LogP contribution in [-0.4, -0.2) is 75.3 Å².